The Morgan fingerprint density at radius 3 is 2.88 bits per heavy atom. The Morgan fingerprint density at radius 2 is 2.23 bits per heavy atom. The molecule has 3 heterocycles. The topological polar surface area (TPSA) is 51.0 Å². The van der Waals surface area contributed by atoms with Gasteiger partial charge in [0.15, 0.2) is 11.0 Å². The van der Waals surface area contributed by atoms with Crippen molar-refractivity contribution >= 4 is 51.9 Å². The second-order valence-corrected chi connectivity index (χ2v) is 9.82. The molecular formula is C17H17ClN4OS3. The summed E-state index contributed by atoms with van der Waals surface area (Å²) in [6.45, 7) is 0.576. The van der Waals surface area contributed by atoms with Gasteiger partial charge in [0.2, 0.25) is 5.91 Å². The Kier molecular flexibility index (Phi) is 5.35. The SMILES string of the molecule is CN(Cc1ccc(Cl)s1)C(=O)CSc1nnc(-c2cccs2)n1C1CC1. The van der Waals surface area contributed by atoms with Gasteiger partial charge in [0.25, 0.3) is 0 Å². The third kappa shape index (κ3) is 3.98. The first-order valence-corrected chi connectivity index (χ1v) is 11.3. The number of carbonyl (C=O) groups is 1. The van der Waals surface area contributed by atoms with Gasteiger partial charge in [0, 0.05) is 18.0 Å². The molecule has 9 heteroatoms. The zero-order valence-corrected chi connectivity index (χ0v) is 17.3. The predicted molar refractivity (Wildman–Crippen MR) is 108 cm³/mol. The van der Waals surface area contributed by atoms with E-state index >= 15 is 0 Å². The minimum absolute atomic E-state index is 0.0718. The summed E-state index contributed by atoms with van der Waals surface area (Å²) in [6, 6.07) is 8.37. The number of hydrogen-bond acceptors (Lipinski definition) is 6. The van der Waals surface area contributed by atoms with Gasteiger partial charge in [-0.3, -0.25) is 9.36 Å². The van der Waals surface area contributed by atoms with Gasteiger partial charge in [-0.1, -0.05) is 29.4 Å². The fourth-order valence-electron chi connectivity index (χ4n) is 2.61. The summed E-state index contributed by atoms with van der Waals surface area (Å²) < 4.78 is 2.94. The molecule has 0 N–H and O–H groups in total. The quantitative estimate of drug-likeness (QED) is 0.511. The van der Waals surface area contributed by atoms with Crippen molar-refractivity contribution in [1.29, 1.82) is 0 Å². The minimum atomic E-state index is 0.0718. The molecule has 0 atom stereocenters. The Balaban J connectivity index is 1.42. The van der Waals surface area contributed by atoms with Gasteiger partial charge >= 0.3 is 0 Å². The van der Waals surface area contributed by atoms with Gasteiger partial charge in [0.1, 0.15) is 0 Å². The maximum Gasteiger partial charge on any atom is 0.233 e. The number of rotatable bonds is 7. The van der Waals surface area contributed by atoms with Gasteiger partial charge in [-0.15, -0.1) is 32.9 Å². The van der Waals surface area contributed by atoms with Crippen LogP contribution in [-0.4, -0.2) is 38.4 Å². The number of hydrogen-bond donors (Lipinski definition) is 0. The van der Waals surface area contributed by atoms with Crippen LogP contribution >= 0.6 is 46.0 Å². The third-order valence-electron chi connectivity index (χ3n) is 4.09. The standard InChI is InChI=1S/C17H17ClN4OS3/c1-21(9-12-6-7-14(18)26-12)15(23)10-25-17-20-19-16(13-3-2-8-24-13)22(17)11-4-5-11/h2-3,6-8,11H,4-5,9-10H2,1H3. The molecule has 0 aliphatic heterocycles. The summed E-state index contributed by atoms with van der Waals surface area (Å²) in [6.07, 6.45) is 2.30. The van der Waals surface area contributed by atoms with Crippen LogP contribution in [-0.2, 0) is 11.3 Å². The van der Waals surface area contributed by atoms with Crippen molar-refractivity contribution in [3.63, 3.8) is 0 Å². The third-order valence-corrected chi connectivity index (χ3v) is 7.10. The lowest BCUT2D eigenvalue weighted by Gasteiger charge is -2.16. The number of aromatic nitrogens is 3. The van der Waals surface area contributed by atoms with Crippen molar-refractivity contribution in [2.45, 2.75) is 30.6 Å². The molecule has 3 aromatic rings. The highest BCUT2D eigenvalue weighted by molar-refractivity contribution is 7.99. The van der Waals surface area contributed by atoms with Crippen LogP contribution in [0.5, 0.6) is 0 Å². The molecule has 0 aromatic carbocycles. The van der Waals surface area contributed by atoms with E-state index < -0.39 is 0 Å². The van der Waals surface area contributed by atoms with Crippen molar-refractivity contribution < 1.29 is 4.79 Å². The largest absolute Gasteiger partial charge is 0.340 e. The minimum Gasteiger partial charge on any atom is -0.340 e. The molecule has 5 nitrogen and oxygen atoms in total. The second kappa shape index (κ2) is 7.72. The van der Waals surface area contributed by atoms with Crippen LogP contribution in [0.4, 0.5) is 0 Å². The fourth-order valence-corrected chi connectivity index (χ4v) is 5.40. The van der Waals surface area contributed by atoms with E-state index in [0.29, 0.717) is 18.3 Å². The molecule has 0 saturated heterocycles. The highest BCUT2D eigenvalue weighted by Gasteiger charge is 2.30. The molecule has 0 radical (unpaired) electrons. The molecule has 3 aromatic heterocycles. The van der Waals surface area contributed by atoms with Crippen molar-refractivity contribution in [1.82, 2.24) is 19.7 Å². The lowest BCUT2D eigenvalue weighted by atomic mass is 10.4. The zero-order chi connectivity index (χ0) is 18.1. The van der Waals surface area contributed by atoms with Crippen LogP contribution in [0.2, 0.25) is 4.34 Å². The highest BCUT2D eigenvalue weighted by atomic mass is 35.5. The molecule has 0 unspecified atom stereocenters. The number of amides is 1. The number of halogens is 1. The lowest BCUT2D eigenvalue weighted by molar-refractivity contribution is -0.127. The fraction of sp³-hybridized carbons (Fsp3) is 0.353. The van der Waals surface area contributed by atoms with Gasteiger partial charge in [-0.2, -0.15) is 0 Å². The van der Waals surface area contributed by atoms with Crippen LogP contribution in [0.1, 0.15) is 23.8 Å². The first kappa shape index (κ1) is 18.0. The number of nitrogens with zero attached hydrogens (tertiary/aromatic N) is 4. The highest BCUT2D eigenvalue weighted by Crippen LogP contribution is 2.41. The molecule has 136 valence electrons. The molecule has 0 spiro atoms. The van der Waals surface area contributed by atoms with E-state index in [2.05, 4.69) is 20.8 Å². The number of carbonyl (C=O) groups excluding carboxylic acids is 1. The van der Waals surface area contributed by atoms with Crippen molar-refractivity contribution in [2.75, 3.05) is 12.8 Å². The zero-order valence-electron chi connectivity index (χ0n) is 14.1. The normalized spacial score (nSPS) is 13.9. The smallest absolute Gasteiger partial charge is 0.233 e. The summed E-state index contributed by atoms with van der Waals surface area (Å²) in [5.74, 6) is 1.34. The first-order chi connectivity index (χ1) is 12.6. The molecule has 1 aliphatic carbocycles. The molecule has 1 amide bonds. The van der Waals surface area contributed by atoms with Crippen molar-refractivity contribution in [3.05, 3.63) is 38.9 Å². The molecule has 26 heavy (non-hydrogen) atoms. The van der Waals surface area contributed by atoms with Crippen LogP contribution in [0.25, 0.3) is 10.7 Å². The summed E-state index contributed by atoms with van der Waals surface area (Å²) in [4.78, 5) is 16.4. The maximum absolute atomic E-state index is 12.5. The summed E-state index contributed by atoms with van der Waals surface area (Å²) in [5.41, 5.74) is 0. The Labute approximate surface area is 169 Å². The average Bonchev–Trinajstić information content (AvgIpc) is 3.02. The van der Waals surface area contributed by atoms with E-state index in [1.165, 1.54) is 23.1 Å². The molecule has 4 rings (SSSR count). The molecule has 1 fully saturated rings. The van der Waals surface area contributed by atoms with E-state index in [-0.39, 0.29) is 5.91 Å². The molecular weight excluding hydrogens is 408 g/mol. The van der Waals surface area contributed by atoms with Gasteiger partial charge < -0.3 is 4.90 Å². The monoisotopic (exact) mass is 424 g/mol. The second-order valence-electron chi connectivity index (χ2n) is 6.13. The van der Waals surface area contributed by atoms with Gasteiger partial charge in [0.05, 0.1) is 21.5 Å². The molecule has 0 bridgehead atoms. The van der Waals surface area contributed by atoms with Gasteiger partial charge in [-0.05, 0) is 36.4 Å². The van der Waals surface area contributed by atoms with E-state index in [1.807, 2.05) is 30.6 Å². The van der Waals surface area contributed by atoms with Crippen LogP contribution in [0, 0.1) is 0 Å². The van der Waals surface area contributed by atoms with Gasteiger partial charge in [-0.25, -0.2) is 0 Å². The number of thioether (sulfide) groups is 1. The lowest BCUT2D eigenvalue weighted by Crippen LogP contribution is -2.27. The Hall–Kier alpha value is -1.35. The first-order valence-electron chi connectivity index (χ1n) is 8.21. The Bertz CT molecular complexity index is 901. The van der Waals surface area contributed by atoms with E-state index in [1.54, 1.807) is 16.2 Å². The summed E-state index contributed by atoms with van der Waals surface area (Å²) >= 11 is 10.6. The van der Waals surface area contributed by atoms with Crippen LogP contribution in [0.15, 0.2) is 34.8 Å². The van der Waals surface area contributed by atoms with Crippen LogP contribution in [0.3, 0.4) is 0 Å². The summed E-state index contributed by atoms with van der Waals surface area (Å²) in [5, 5.41) is 11.6. The van der Waals surface area contributed by atoms with E-state index in [9.17, 15) is 4.79 Å². The predicted octanol–water partition coefficient (Wildman–Crippen LogP) is 4.81. The van der Waals surface area contributed by atoms with E-state index in [0.717, 1.165) is 37.9 Å². The van der Waals surface area contributed by atoms with Crippen molar-refractivity contribution in [3.8, 4) is 10.7 Å². The molecule has 1 aliphatic rings. The maximum atomic E-state index is 12.5. The van der Waals surface area contributed by atoms with Crippen molar-refractivity contribution in [2.24, 2.45) is 0 Å². The van der Waals surface area contributed by atoms with E-state index in [4.69, 9.17) is 11.6 Å². The van der Waals surface area contributed by atoms with Crippen LogP contribution < -0.4 is 0 Å². The Morgan fingerprint density at radius 1 is 1.38 bits per heavy atom. The summed E-state index contributed by atoms with van der Waals surface area (Å²) in [7, 11) is 1.82. The number of thiophene rings is 2. The average molecular weight is 425 g/mol. The molecule has 1 saturated carbocycles.